The zero-order chi connectivity index (χ0) is 12.8. The van der Waals surface area contributed by atoms with Gasteiger partial charge in [0.15, 0.2) is 0 Å². The normalized spacial score (nSPS) is 18.8. The summed E-state index contributed by atoms with van der Waals surface area (Å²) in [7, 11) is 0. The second-order valence-corrected chi connectivity index (χ2v) is 5.78. The Labute approximate surface area is 116 Å². The van der Waals surface area contributed by atoms with Crippen LogP contribution in [0, 0.1) is 5.92 Å². The van der Waals surface area contributed by atoms with E-state index in [1.165, 1.54) is 44.1 Å². The van der Waals surface area contributed by atoms with Gasteiger partial charge in [-0.3, -0.25) is 0 Å². The molecule has 1 aliphatic rings. The van der Waals surface area contributed by atoms with E-state index >= 15 is 0 Å². The van der Waals surface area contributed by atoms with Gasteiger partial charge in [-0.2, -0.15) is 0 Å². The summed E-state index contributed by atoms with van der Waals surface area (Å²) in [6, 6.07) is 8.69. The predicted octanol–water partition coefficient (Wildman–Crippen LogP) is 4.96. The first-order chi connectivity index (χ1) is 8.81. The number of benzene rings is 1. The Morgan fingerprint density at radius 3 is 2.61 bits per heavy atom. The lowest BCUT2D eigenvalue weighted by Crippen LogP contribution is -2.24. The van der Waals surface area contributed by atoms with Gasteiger partial charge >= 0.3 is 0 Å². The van der Waals surface area contributed by atoms with Crippen LogP contribution in [0.25, 0.3) is 0 Å². The van der Waals surface area contributed by atoms with E-state index in [4.69, 9.17) is 11.6 Å². The minimum absolute atomic E-state index is 0.423. The highest BCUT2D eigenvalue weighted by molar-refractivity contribution is 6.31. The van der Waals surface area contributed by atoms with E-state index in [0.29, 0.717) is 6.04 Å². The second-order valence-electron chi connectivity index (χ2n) is 5.37. The van der Waals surface area contributed by atoms with Crippen molar-refractivity contribution in [1.82, 2.24) is 5.32 Å². The van der Waals surface area contributed by atoms with Crippen LogP contribution < -0.4 is 5.32 Å². The van der Waals surface area contributed by atoms with Crippen LogP contribution in [-0.2, 0) is 0 Å². The lowest BCUT2D eigenvalue weighted by molar-refractivity contribution is 0.301. The Hall–Kier alpha value is -0.530. The maximum atomic E-state index is 6.33. The Bertz CT molecular complexity index is 358. The number of hydrogen-bond donors (Lipinski definition) is 1. The fourth-order valence-corrected chi connectivity index (χ4v) is 3.35. The molecule has 0 aliphatic heterocycles. The Balaban J connectivity index is 2.05. The average molecular weight is 266 g/mol. The van der Waals surface area contributed by atoms with Gasteiger partial charge in [0.2, 0.25) is 0 Å². The third kappa shape index (κ3) is 3.73. The predicted molar refractivity (Wildman–Crippen MR) is 79.1 cm³/mol. The van der Waals surface area contributed by atoms with E-state index in [0.717, 1.165) is 17.5 Å². The molecule has 0 spiro atoms. The van der Waals surface area contributed by atoms with Crippen molar-refractivity contribution in [2.75, 3.05) is 6.54 Å². The molecule has 0 amide bonds. The molecule has 1 nitrogen and oxygen atoms in total. The largest absolute Gasteiger partial charge is 0.310 e. The van der Waals surface area contributed by atoms with Crippen molar-refractivity contribution in [3.05, 3.63) is 34.9 Å². The zero-order valence-electron chi connectivity index (χ0n) is 11.3. The number of rotatable bonds is 5. The quantitative estimate of drug-likeness (QED) is 0.793. The van der Waals surface area contributed by atoms with Crippen LogP contribution in [0.3, 0.4) is 0 Å². The zero-order valence-corrected chi connectivity index (χ0v) is 12.0. The lowest BCUT2D eigenvalue weighted by Gasteiger charge is -2.27. The molecule has 100 valence electrons. The van der Waals surface area contributed by atoms with Gasteiger partial charge in [0.25, 0.3) is 0 Å². The standard InChI is InChI=1S/C16H24ClN/c1-2-18-16(12-13-8-4-3-5-9-13)14-10-6-7-11-15(14)17/h6-7,10-11,13,16,18H,2-5,8-9,12H2,1H3. The van der Waals surface area contributed by atoms with Gasteiger partial charge in [0.1, 0.15) is 0 Å². The molecule has 2 heteroatoms. The first-order valence-corrected chi connectivity index (χ1v) is 7.67. The van der Waals surface area contributed by atoms with Crippen molar-refractivity contribution >= 4 is 11.6 Å². The first-order valence-electron chi connectivity index (χ1n) is 7.29. The van der Waals surface area contributed by atoms with Gasteiger partial charge in [0, 0.05) is 11.1 Å². The summed E-state index contributed by atoms with van der Waals surface area (Å²) in [6.07, 6.45) is 8.27. The van der Waals surface area contributed by atoms with Crippen molar-refractivity contribution in [3.8, 4) is 0 Å². The second kappa shape index (κ2) is 7.16. The van der Waals surface area contributed by atoms with Crippen LogP contribution in [0.5, 0.6) is 0 Å². The molecule has 1 saturated carbocycles. The van der Waals surface area contributed by atoms with Crippen LogP contribution in [0.1, 0.15) is 57.1 Å². The summed E-state index contributed by atoms with van der Waals surface area (Å²) in [5.41, 5.74) is 1.27. The molecule has 1 aromatic carbocycles. The van der Waals surface area contributed by atoms with Crippen molar-refractivity contribution < 1.29 is 0 Å². The van der Waals surface area contributed by atoms with E-state index in [2.05, 4.69) is 24.4 Å². The summed E-state index contributed by atoms with van der Waals surface area (Å²) < 4.78 is 0. The van der Waals surface area contributed by atoms with E-state index in [1.54, 1.807) is 0 Å². The molecule has 0 saturated heterocycles. The minimum atomic E-state index is 0.423. The molecule has 0 radical (unpaired) electrons. The molecule has 0 heterocycles. The van der Waals surface area contributed by atoms with E-state index in [1.807, 2.05) is 12.1 Å². The van der Waals surface area contributed by atoms with E-state index in [-0.39, 0.29) is 0 Å². The Morgan fingerprint density at radius 2 is 1.94 bits per heavy atom. The van der Waals surface area contributed by atoms with Gasteiger partial charge in [-0.25, -0.2) is 0 Å². The summed E-state index contributed by atoms with van der Waals surface area (Å²) in [4.78, 5) is 0. The van der Waals surface area contributed by atoms with Gasteiger partial charge in [-0.1, -0.05) is 68.8 Å². The maximum Gasteiger partial charge on any atom is 0.0453 e. The minimum Gasteiger partial charge on any atom is -0.310 e. The van der Waals surface area contributed by atoms with Crippen LogP contribution in [-0.4, -0.2) is 6.54 Å². The monoisotopic (exact) mass is 265 g/mol. The van der Waals surface area contributed by atoms with Gasteiger partial charge in [0.05, 0.1) is 0 Å². The van der Waals surface area contributed by atoms with Crippen LogP contribution >= 0.6 is 11.6 Å². The molecule has 1 unspecified atom stereocenters. The number of hydrogen-bond acceptors (Lipinski definition) is 1. The fraction of sp³-hybridized carbons (Fsp3) is 0.625. The van der Waals surface area contributed by atoms with Crippen molar-refractivity contribution in [3.63, 3.8) is 0 Å². The van der Waals surface area contributed by atoms with Gasteiger partial charge in [-0.05, 0) is 30.5 Å². The van der Waals surface area contributed by atoms with Crippen LogP contribution in [0.15, 0.2) is 24.3 Å². The molecule has 2 rings (SSSR count). The fourth-order valence-electron chi connectivity index (χ4n) is 3.08. The van der Waals surface area contributed by atoms with Crippen LogP contribution in [0.2, 0.25) is 5.02 Å². The first kappa shape index (κ1) is 13.9. The summed E-state index contributed by atoms with van der Waals surface area (Å²) >= 11 is 6.33. The lowest BCUT2D eigenvalue weighted by atomic mass is 9.83. The molecule has 1 atom stereocenters. The van der Waals surface area contributed by atoms with Crippen molar-refractivity contribution in [2.24, 2.45) is 5.92 Å². The van der Waals surface area contributed by atoms with E-state index < -0.39 is 0 Å². The Morgan fingerprint density at radius 1 is 1.22 bits per heavy atom. The van der Waals surface area contributed by atoms with Crippen LogP contribution in [0.4, 0.5) is 0 Å². The molecule has 0 bridgehead atoms. The van der Waals surface area contributed by atoms with E-state index in [9.17, 15) is 0 Å². The maximum absolute atomic E-state index is 6.33. The molecule has 18 heavy (non-hydrogen) atoms. The highest BCUT2D eigenvalue weighted by Gasteiger charge is 2.20. The highest BCUT2D eigenvalue weighted by Crippen LogP contribution is 2.33. The van der Waals surface area contributed by atoms with Crippen molar-refractivity contribution in [1.29, 1.82) is 0 Å². The third-order valence-corrected chi connectivity index (χ3v) is 4.37. The molecule has 1 N–H and O–H groups in total. The van der Waals surface area contributed by atoms with Crippen molar-refractivity contribution in [2.45, 2.75) is 51.5 Å². The molecule has 1 aliphatic carbocycles. The number of nitrogens with one attached hydrogen (secondary N) is 1. The summed E-state index contributed by atoms with van der Waals surface area (Å²) in [5.74, 6) is 0.874. The highest BCUT2D eigenvalue weighted by atomic mass is 35.5. The molecular weight excluding hydrogens is 242 g/mol. The third-order valence-electron chi connectivity index (χ3n) is 4.02. The molecular formula is C16H24ClN. The smallest absolute Gasteiger partial charge is 0.0453 e. The SMILES string of the molecule is CCNC(CC1CCCCC1)c1ccccc1Cl. The number of halogens is 1. The Kier molecular flexibility index (Phi) is 5.52. The molecule has 1 fully saturated rings. The molecule has 1 aromatic rings. The molecule has 0 aromatic heterocycles. The van der Waals surface area contributed by atoms with Gasteiger partial charge < -0.3 is 5.32 Å². The summed E-state index contributed by atoms with van der Waals surface area (Å²) in [5, 5.41) is 4.50. The van der Waals surface area contributed by atoms with Gasteiger partial charge in [-0.15, -0.1) is 0 Å². The topological polar surface area (TPSA) is 12.0 Å². The average Bonchev–Trinajstić information content (AvgIpc) is 2.40. The summed E-state index contributed by atoms with van der Waals surface area (Å²) in [6.45, 7) is 3.17.